The fourth-order valence-corrected chi connectivity index (χ4v) is 1.47. The summed E-state index contributed by atoms with van der Waals surface area (Å²) >= 11 is 2.97. The maximum Gasteiger partial charge on any atom is 0.247 e. The van der Waals surface area contributed by atoms with Crippen LogP contribution in [0.3, 0.4) is 0 Å². The number of halogens is 2. The topological polar surface area (TPSA) is 46.2 Å². The van der Waals surface area contributed by atoms with Crippen molar-refractivity contribution in [2.24, 2.45) is 0 Å². The normalized spacial score (nSPS) is 9.69. The first-order valence-corrected chi connectivity index (χ1v) is 5.18. The third-order valence-electron chi connectivity index (χ3n) is 1.88. The summed E-state index contributed by atoms with van der Waals surface area (Å²) < 4.78 is 13.4. The van der Waals surface area contributed by atoms with Crippen molar-refractivity contribution in [3.05, 3.63) is 40.6 Å². The van der Waals surface area contributed by atoms with E-state index in [0.717, 1.165) is 12.1 Å². The highest BCUT2D eigenvalue weighted by Crippen LogP contribution is 2.25. The second kappa shape index (κ2) is 5.03. The van der Waals surface area contributed by atoms with Crippen LogP contribution >= 0.6 is 15.9 Å². The van der Waals surface area contributed by atoms with Crippen LogP contribution in [0.4, 0.5) is 10.1 Å². The van der Waals surface area contributed by atoms with Crippen LogP contribution in [0.25, 0.3) is 0 Å². The van der Waals surface area contributed by atoms with Gasteiger partial charge in [-0.25, -0.2) is 4.39 Å². The highest BCUT2D eigenvalue weighted by molar-refractivity contribution is 9.10. The molecule has 0 aliphatic rings. The van der Waals surface area contributed by atoms with Crippen molar-refractivity contribution in [2.75, 3.05) is 5.32 Å². The van der Waals surface area contributed by atoms with Gasteiger partial charge in [0, 0.05) is 5.56 Å². The lowest BCUT2D eigenvalue weighted by molar-refractivity contribution is -0.111. The number of anilines is 1. The smallest absolute Gasteiger partial charge is 0.247 e. The standard InChI is InChI=1S/C11H9BrFNO2/c1-3-11(16)14-10-5-9(13)8(12)4-7(10)6(2)15/h3-5H,1H2,2H3,(H,14,16). The summed E-state index contributed by atoms with van der Waals surface area (Å²) in [5.41, 5.74) is 0.376. The molecule has 1 rings (SSSR count). The minimum atomic E-state index is -0.552. The molecule has 0 heterocycles. The van der Waals surface area contributed by atoms with Gasteiger partial charge in [-0.2, -0.15) is 0 Å². The molecule has 1 aromatic carbocycles. The summed E-state index contributed by atoms with van der Waals surface area (Å²) in [7, 11) is 0. The van der Waals surface area contributed by atoms with E-state index in [1.165, 1.54) is 13.0 Å². The Hall–Kier alpha value is -1.49. The Bertz CT molecular complexity index is 471. The van der Waals surface area contributed by atoms with Crippen LogP contribution in [0.15, 0.2) is 29.3 Å². The second-order valence-corrected chi connectivity index (χ2v) is 3.92. The molecular formula is C11H9BrFNO2. The van der Waals surface area contributed by atoms with Gasteiger partial charge in [0.1, 0.15) is 5.82 Å². The van der Waals surface area contributed by atoms with E-state index < -0.39 is 11.7 Å². The molecule has 1 amide bonds. The number of ketones is 1. The summed E-state index contributed by atoms with van der Waals surface area (Å²) in [5, 5.41) is 2.37. The lowest BCUT2D eigenvalue weighted by Gasteiger charge is -2.08. The predicted molar refractivity (Wildman–Crippen MR) is 62.9 cm³/mol. The molecular weight excluding hydrogens is 277 g/mol. The molecule has 0 saturated heterocycles. The van der Waals surface area contributed by atoms with Gasteiger partial charge in [-0.3, -0.25) is 9.59 Å². The molecule has 5 heteroatoms. The van der Waals surface area contributed by atoms with Gasteiger partial charge in [0.25, 0.3) is 0 Å². The number of hydrogen-bond acceptors (Lipinski definition) is 2. The lowest BCUT2D eigenvalue weighted by atomic mass is 10.1. The SMILES string of the molecule is C=CC(=O)Nc1cc(F)c(Br)cc1C(C)=O. The number of hydrogen-bond donors (Lipinski definition) is 1. The summed E-state index contributed by atoms with van der Waals surface area (Å²) in [4.78, 5) is 22.4. The van der Waals surface area contributed by atoms with E-state index in [9.17, 15) is 14.0 Å². The molecule has 1 N–H and O–H groups in total. The number of carbonyl (C=O) groups excluding carboxylic acids is 2. The fourth-order valence-electron chi connectivity index (χ4n) is 1.13. The maximum absolute atomic E-state index is 13.2. The molecule has 0 saturated carbocycles. The molecule has 16 heavy (non-hydrogen) atoms. The molecule has 0 aromatic heterocycles. The van der Waals surface area contributed by atoms with Crippen LogP contribution in [-0.4, -0.2) is 11.7 Å². The molecule has 0 fully saturated rings. The van der Waals surface area contributed by atoms with Crippen molar-refractivity contribution in [3.63, 3.8) is 0 Å². The van der Waals surface area contributed by atoms with E-state index in [1.54, 1.807) is 0 Å². The quantitative estimate of drug-likeness (QED) is 0.686. The zero-order valence-corrected chi connectivity index (χ0v) is 10.1. The molecule has 0 unspecified atom stereocenters. The van der Waals surface area contributed by atoms with Crippen molar-refractivity contribution < 1.29 is 14.0 Å². The van der Waals surface area contributed by atoms with Gasteiger partial charge in [-0.05, 0) is 41.1 Å². The predicted octanol–water partition coefficient (Wildman–Crippen LogP) is 2.92. The first kappa shape index (κ1) is 12.6. The molecule has 0 aliphatic carbocycles. The van der Waals surface area contributed by atoms with Crippen LogP contribution in [0.5, 0.6) is 0 Å². The van der Waals surface area contributed by atoms with Crippen molar-refractivity contribution in [1.29, 1.82) is 0 Å². The van der Waals surface area contributed by atoms with Crippen LogP contribution in [-0.2, 0) is 4.79 Å². The second-order valence-electron chi connectivity index (χ2n) is 3.06. The largest absolute Gasteiger partial charge is 0.322 e. The third kappa shape index (κ3) is 2.76. The molecule has 0 spiro atoms. The van der Waals surface area contributed by atoms with E-state index >= 15 is 0 Å². The van der Waals surface area contributed by atoms with E-state index in [0.29, 0.717) is 0 Å². The van der Waals surface area contributed by atoms with Crippen LogP contribution in [0.1, 0.15) is 17.3 Å². The van der Waals surface area contributed by atoms with Gasteiger partial charge in [0.15, 0.2) is 5.78 Å². The molecule has 3 nitrogen and oxygen atoms in total. The summed E-state index contributed by atoms with van der Waals surface area (Å²) in [6.45, 7) is 4.61. The van der Waals surface area contributed by atoms with Gasteiger partial charge in [0.2, 0.25) is 5.91 Å². The zero-order valence-electron chi connectivity index (χ0n) is 8.51. The van der Waals surface area contributed by atoms with Gasteiger partial charge < -0.3 is 5.32 Å². The number of carbonyl (C=O) groups is 2. The molecule has 84 valence electrons. The van der Waals surface area contributed by atoms with Gasteiger partial charge in [0.05, 0.1) is 10.2 Å². The van der Waals surface area contributed by atoms with E-state index in [-0.39, 0.29) is 21.5 Å². The Labute approximate surface area is 100 Å². The van der Waals surface area contributed by atoms with Crippen LogP contribution in [0.2, 0.25) is 0 Å². The number of nitrogens with one attached hydrogen (secondary N) is 1. The van der Waals surface area contributed by atoms with Gasteiger partial charge >= 0.3 is 0 Å². The highest BCUT2D eigenvalue weighted by atomic mass is 79.9. The van der Waals surface area contributed by atoms with Crippen LogP contribution in [0, 0.1) is 5.82 Å². The number of Topliss-reactive ketones (excluding diaryl/α,β-unsaturated/α-hetero) is 1. The average molecular weight is 286 g/mol. The zero-order chi connectivity index (χ0) is 12.3. The summed E-state index contributed by atoms with van der Waals surface area (Å²) in [6, 6.07) is 2.42. The first-order valence-electron chi connectivity index (χ1n) is 4.39. The summed E-state index contributed by atoms with van der Waals surface area (Å²) in [6.07, 6.45) is 1.05. The number of rotatable bonds is 3. The van der Waals surface area contributed by atoms with E-state index in [1.807, 2.05) is 0 Å². The molecule has 0 aliphatic heterocycles. The lowest BCUT2D eigenvalue weighted by Crippen LogP contribution is -2.11. The van der Waals surface area contributed by atoms with Crippen LogP contribution < -0.4 is 5.32 Å². The summed E-state index contributed by atoms with van der Waals surface area (Å²) in [5.74, 6) is -1.31. The number of benzene rings is 1. The third-order valence-corrected chi connectivity index (χ3v) is 2.49. The molecule has 1 aromatic rings. The Balaban J connectivity index is 3.24. The van der Waals surface area contributed by atoms with Crippen molar-refractivity contribution in [1.82, 2.24) is 0 Å². The van der Waals surface area contributed by atoms with E-state index in [4.69, 9.17) is 0 Å². The fraction of sp³-hybridized carbons (Fsp3) is 0.0909. The minimum Gasteiger partial charge on any atom is -0.322 e. The molecule has 0 atom stereocenters. The van der Waals surface area contributed by atoms with Gasteiger partial charge in [-0.15, -0.1) is 0 Å². The molecule has 0 bridgehead atoms. The van der Waals surface area contributed by atoms with Crippen molar-refractivity contribution in [3.8, 4) is 0 Å². The average Bonchev–Trinajstić information content (AvgIpc) is 2.22. The maximum atomic E-state index is 13.2. The van der Waals surface area contributed by atoms with Gasteiger partial charge in [-0.1, -0.05) is 6.58 Å². The Morgan fingerprint density at radius 2 is 2.12 bits per heavy atom. The number of amides is 1. The minimum absolute atomic E-state index is 0.137. The van der Waals surface area contributed by atoms with E-state index in [2.05, 4.69) is 27.8 Å². The Morgan fingerprint density at radius 3 is 2.62 bits per heavy atom. The van der Waals surface area contributed by atoms with Crippen molar-refractivity contribution >= 4 is 33.3 Å². The van der Waals surface area contributed by atoms with Crippen molar-refractivity contribution in [2.45, 2.75) is 6.92 Å². The Kier molecular flexibility index (Phi) is 3.95. The Morgan fingerprint density at radius 1 is 1.50 bits per heavy atom. The monoisotopic (exact) mass is 285 g/mol. The molecule has 0 radical (unpaired) electrons. The first-order chi connectivity index (χ1) is 7.45. The highest BCUT2D eigenvalue weighted by Gasteiger charge is 2.12.